The molecular weight excluding hydrogens is 259 g/mol. The van der Waals surface area contributed by atoms with Gasteiger partial charge in [0.25, 0.3) is 5.91 Å². The molecule has 1 heterocycles. The molecule has 1 aromatic carbocycles. The minimum Gasteiger partial charge on any atom is -0.384 e. The van der Waals surface area contributed by atoms with Crippen LogP contribution in [0, 0.1) is 17.5 Å². The highest BCUT2D eigenvalue weighted by atomic mass is 19.1. The van der Waals surface area contributed by atoms with Gasteiger partial charge in [-0.25, -0.2) is 18.2 Å². The summed E-state index contributed by atoms with van der Waals surface area (Å²) in [5, 5.41) is 2.23. The summed E-state index contributed by atoms with van der Waals surface area (Å²) >= 11 is 0. The first kappa shape index (κ1) is 12.9. The molecule has 0 atom stereocenters. The van der Waals surface area contributed by atoms with Gasteiger partial charge in [-0.15, -0.1) is 0 Å². The van der Waals surface area contributed by atoms with E-state index in [1.54, 1.807) is 0 Å². The van der Waals surface area contributed by atoms with Gasteiger partial charge in [-0.05, 0) is 12.1 Å². The molecule has 0 radical (unpaired) electrons. The molecule has 1 amide bonds. The van der Waals surface area contributed by atoms with E-state index in [0.717, 1.165) is 0 Å². The molecule has 0 aliphatic heterocycles. The maximum atomic E-state index is 13.4. The Kier molecular flexibility index (Phi) is 3.37. The minimum absolute atomic E-state index is 0.210. The third-order valence-corrected chi connectivity index (χ3v) is 2.28. The number of halogens is 3. The molecule has 1 aromatic heterocycles. The van der Waals surface area contributed by atoms with E-state index in [0.29, 0.717) is 12.1 Å². The summed E-state index contributed by atoms with van der Waals surface area (Å²) in [5.74, 6) is -4.46. The third-order valence-electron chi connectivity index (χ3n) is 2.28. The summed E-state index contributed by atoms with van der Waals surface area (Å²) in [7, 11) is 0. The van der Waals surface area contributed by atoms with Crippen LogP contribution in [0.25, 0.3) is 0 Å². The van der Waals surface area contributed by atoms with E-state index in [1.165, 1.54) is 18.3 Å². The molecular formula is C12H8F3N3O. The fraction of sp³-hybridized carbons (Fsp3) is 0. The van der Waals surface area contributed by atoms with Crippen LogP contribution in [0.1, 0.15) is 10.4 Å². The Labute approximate surface area is 106 Å². The smallest absolute Gasteiger partial charge is 0.261 e. The fourth-order valence-electron chi connectivity index (χ4n) is 1.43. The molecule has 0 unspecified atom stereocenters. The molecule has 98 valence electrons. The largest absolute Gasteiger partial charge is 0.384 e. The molecule has 0 saturated carbocycles. The van der Waals surface area contributed by atoms with Crippen LogP contribution in [0.5, 0.6) is 0 Å². The molecule has 0 spiro atoms. The van der Waals surface area contributed by atoms with Crippen molar-refractivity contribution in [1.29, 1.82) is 0 Å². The van der Waals surface area contributed by atoms with E-state index >= 15 is 0 Å². The Morgan fingerprint density at radius 2 is 1.79 bits per heavy atom. The summed E-state index contributed by atoms with van der Waals surface area (Å²) < 4.78 is 39.4. The van der Waals surface area contributed by atoms with E-state index in [1.807, 2.05) is 0 Å². The number of benzene rings is 1. The molecule has 7 heteroatoms. The second-order valence-electron chi connectivity index (χ2n) is 3.67. The SMILES string of the molecule is Nc1ccc(NC(=O)c2c(F)cc(F)cc2F)cn1. The summed E-state index contributed by atoms with van der Waals surface area (Å²) in [4.78, 5) is 15.4. The second-order valence-corrected chi connectivity index (χ2v) is 3.67. The van der Waals surface area contributed by atoms with Crippen LogP contribution in [0.15, 0.2) is 30.5 Å². The number of carbonyl (C=O) groups excluding carboxylic acids is 1. The van der Waals surface area contributed by atoms with E-state index in [9.17, 15) is 18.0 Å². The zero-order valence-electron chi connectivity index (χ0n) is 9.45. The molecule has 0 aliphatic rings. The van der Waals surface area contributed by atoms with Crippen LogP contribution in [0.2, 0.25) is 0 Å². The van der Waals surface area contributed by atoms with Gasteiger partial charge in [0, 0.05) is 12.1 Å². The van der Waals surface area contributed by atoms with Crippen molar-refractivity contribution in [2.45, 2.75) is 0 Å². The first-order valence-electron chi connectivity index (χ1n) is 5.15. The molecule has 19 heavy (non-hydrogen) atoms. The summed E-state index contributed by atoms with van der Waals surface area (Å²) in [6.45, 7) is 0. The van der Waals surface area contributed by atoms with Crippen LogP contribution in [-0.4, -0.2) is 10.9 Å². The number of nitrogen functional groups attached to an aromatic ring is 1. The number of aromatic nitrogens is 1. The van der Waals surface area contributed by atoms with Gasteiger partial charge < -0.3 is 11.1 Å². The van der Waals surface area contributed by atoms with Crippen LogP contribution < -0.4 is 11.1 Å². The van der Waals surface area contributed by atoms with Crippen molar-refractivity contribution in [3.8, 4) is 0 Å². The Bertz CT molecular complexity index is 606. The zero-order chi connectivity index (χ0) is 14.0. The number of amides is 1. The average Bonchev–Trinajstić information content (AvgIpc) is 2.30. The summed E-state index contributed by atoms with van der Waals surface area (Å²) in [5.41, 5.74) is 4.70. The van der Waals surface area contributed by atoms with Crippen LogP contribution in [0.3, 0.4) is 0 Å². The van der Waals surface area contributed by atoms with Crippen molar-refractivity contribution in [1.82, 2.24) is 4.98 Å². The van der Waals surface area contributed by atoms with Gasteiger partial charge in [0.15, 0.2) is 0 Å². The monoisotopic (exact) mass is 267 g/mol. The fourth-order valence-corrected chi connectivity index (χ4v) is 1.43. The number of carbonyl (C=O) groups is 1. The molecule has 0 bridgehead atoms. The number of pyridine rings is 1. The lowest BCUT2D eigenvalue weighted by molar-refractivity contribution is 0.101. The van der Waals surface area contributed by atoms with Gasteiger partial charge in [0.2, 0.25) is 0 Å². The first-order valence-corrected chi connectivity index (χ1v) is 5.15. The standard InChI is InChI=1S/C12H8F3N3O/c13-6-3-8(14)11(9(15)4-6)12(19)18-7-1-2-10(16)17-5-7/h1-5H,(H2,16,17)(H,18,19). The van der Waals surface area contributed by atoms with Gasteiger partial charge in [0.1, 0.15) is 28.8 Å². The normalized spacial score (nSPS) is 10.3. The number of nitrogens with one attached hydrogen (secondary N) is 1. The van der Waals surface area contributed by atoms with Crippen LogP contribution in [0.4, 0.5) is 24.7 Å². The van der Waals surface area contributed by atoms with E-state index in [2.05, 4.69) is 10.3 Å². The van der Waals surface area contributed by atoms with E-state index in [4.69, 9.17) is 5.73 Å². The van der Waals surface area contributed by atoms with E-state index < -0.39 is 28.9 Å². The maximum Gasteiger partial charge on any atom is 0.261 e. The number of nitrogens with zero attached hydrogens (tertiary/aromatic N) is 1. The van der Waals surface area contributed by atoms with Gasteiger partial charge in [-0.3, -0.25) is 4.79 Å². The number of hydrogen-bond acceptors (Lipinski definition) is 3. The van der Waals surface area contributed by atoms with Crippen molar-refractivity contribution in [3.63, 3.8) is 0 Å². The van der Waals surface area contributed by atoms with E-state index in [-0.39, 0.29) is 11.5 Å². The lowest BCUT2D eigenvalue weighted by Crippen LogP contribution is -2.16. The van der Waals surface area contributed by atoms with Gasteiger partial charge in [-0.1, -0.05) is 0 Å². The molecule has 2 aromatic rings. The summed E-state index contributed by atoms with van der Waals surface area (Å²) in [6.07, 6.45) is 1.23. The molecule has 0 saturated heterocycles. The lowest BCUT2D eigenvalue weighted by atomic mass is 10.1. The minimum atomic E-state index is -1.28. The van der Waals surface area contributed by atoms with Crippen molar-refractivity contribution in [3.05, 3.63) is 53.5 Å². The van der Waals surface area contributed by atoms with Crippen molar-refractivity contribution in [2.75, 3.05) is 11.1 Å². The molecule has 4 nitrogen and oxygen atoms in total. The van der Waals surface area contributed by atoms with Crippen molar-refractivity contribution in [2.24, 2.45) is 0 Å². The quantitative estimate of drug-likeness (QED) is 0.877. The molecule has 0 aliphatic carbocycles. The van der Waals surface area contributed by atoms with Crippen LogP contribution in [-0.2, 0) is 0 Å². The number of nitrogens with two attached hydrogens (primary N) is 1. The van der Waals surface area contributed by atoms with Crippen molar-refractivity contribution < 1.29 is 18.0 Å². The number of anilines is 2. The average molecular weight is 267 g/mol. The first-order chi connectivity index (χ1) is 8.97. The molecule has 3 N–H and O–H groups in total. The predicted molar refractivity (Wildman–Crippen MR) is 62.9 cm³/mol. The molecule has 2 rings (SSSR count). The lowest BCUT2D eigenvalue weighted by Gasteiger charge is -2.07. The highest BCUT2D eigenvalue weighted by molar-refractivity contribution is 6.04. The van der Waals surface area contributed by atoms with Gasteiger partial charge in [0.05, 0.1) is 11.9 Å². The second kappa shape index (κ2) is 4.97. The molecule has 0 fully saturated rings. The summed E-state index contributed by atoms with van der Waals surface area (Å²) in [6, 6.07) is 3.69. The Morgan fingerprint density at radius 3 is 2.32 bits per heavy atom. The Hall–Kier alpha value is -2.57. The topological polar surface area (TPSA) is 68.0 Å². The van der Waals surface area contributed by atoms with Crippen LogP contribution >= 0.6 is 0 Å². The van der Waals surface area contributed by atoms with Crippen molar-refractivity contribution >= 4 is 17.4 Å². The van der Waals surface area contributed by atoms with Gasteiger partial charge >= 0.3 is 0 Å². The maximum absolute atomic E-state index is 13.4. The highest BCUT2D eigenvalue weighted by Crippen LogP contribution is 2.17. The van der Waals surface area contributed by atoms with Gasteiger partial charge in [-0.2, -0.15) is 0 Å². The predicted octanol–water partition coefficient (Wildman–Crippen LogP) is 2.33. The Morgan fingerprint density at radius 1 is 1.16 bits per heavy atom. The highest BCUT2D eigenvalue weighted by Gasteiger charge is 2.19. The number of rotatable bonds is 2. The third kappa shape index (κ3) is 2.82. The zero-order valence-corrected chi connectivity index (χ0v) is 9.45. The Balaban J connectivity index is 2.28. The number of hydrogen-bond donors (Lipinski definition) is 2.